The van der Waals surface area contributed by atoms with E-state index in [9.17, 15) is 9.59 Å². The molecule has 8 heteroatoms. The Kier molecular flexibility index (Phi) is 6.08. The zero-order valence-corrected chi connectivity index (χ0v) is 17.3. The third-order valence-corrected chi connectivity index (χ3v) is 5.97. The molecule has 1 fully saturated rings. The molecule has 29 heavy (non-hydrogen) atoms. The number of ether oxygens (including phenoxy) is 2. The summed E-state index contributed by atoms with van der Waals surface area (Å²) in [5.74, 6) is 0.131. The minimum Gasteiger partial charge on any atom is -0.479 e. The van der Waals surface area contributed by atoms with Crippen LogP contribution in [0.1, 0.15) is 24.5 Å². The van der Waals surface area contributed by atoms with Gasteiger partial charge in [0.2, 0.25) is 0 Å². The molecule has 2 aliphatic rings. The summed E-state index contributed by atoms with van der Waals surface area (Å²) in [6.45, 7) is 6.57. The fraction of sp³-hybridized carbons (Fsp3) is 0.524. The SMILES string of the molecule is C[C@H](Oc1cc2oc(=O)c3c(c2cc1Cl)CCC3)C(=O)NCC[NH+]1CCOCC1. The van der Waals surface area contributed by atoms with Crippen LogP contribution in [0.2, 0.25) is 5.02 Å². The first kappa shape index (κ1) is 20.2. The van der Waals surface area contributed by atoms with Crippen LogP contribution < -0.4 is 20.6 Å². The van der Waals surface area contributed by atoms with E-state index in [1.807, 2.05) is 0 Å². The van der Waals surface area contributed by atoms with Crippen LogP contribution in [0.5, 0.6) is 5.75 Å². The standard InChI is InChI=1S/C21H25ClN2O5/c1-13(20(25)23-5-6-24-7-9-27-10-8-24)28-19-12-18-16(11-17(19)22)14-3-2-4-15(14)21(26)29-18/h11-13H,2-10H2,1H3,(H,23,25)/p+1/t13-/m0/s1. The molecular formula is C21H26ClN2O5+. The summed E-state index contributed by atoms with van der Waals surface area (Å²) in [6, 6.07) is 3.38. The van der Waals surface area contributed by atoms with E-state index >= 15 is 0 Å². The lowest BCUT2D eigenvalue weighted by Gasteiger charge is -2.24. The van der Waals surface area contributed by atoms with Crippen LogP contribution in [0.15, 0.2) is 21.3 Å². The van der Waals surface area contributed by atoms with E-state index in [-0.39, 0.29) is 11.5 Å². The fourth-order valence-corrected chi connectivity index (χ4v) is 4.24. The van der Waals surface area contributed by atoms with Gasteiger partial charge in [0.25, 0.3) is 5.91 Å². The van der Waals surface area contributed by atoms with E-state index in [2.05, 4.69) is 5.32 Å². The third-order valence-electron chi connectivity index (χ3n) is 5.68. The van der Waals surface area contributed by atoms with E-state index in [1.54, 1.807) is 19.1 Å². The molecule has 156 valence electrons. The summed E-state index contributed by atoms with van der Waals surface area (Å²) in [7, 11) is 0. The first-order valence-corrected chi connectivity index (χ1v) is 10.5. The molecule has 1 amide bonds. The molecule has 2 heterocycles. The van der Waals surface area contributed by atoms with Crippen LogP contribution in [0.25, 0.3) is 11.0 Å². The van der Waals surface area contributed by atoms with Crippen molar-refractivity contribution in [1.29, 1.82) is 0 Å². The summed E-state index contributed by atoms with van der Waals surface area (Å²) in [6.07, 6.45) is 1.81. The lowest BCUT2D eigenvalue weighted by Crippen LogP contribution is -3.14. The van der Waals surface area contributed by atoms with Crippen molar-refractivity contribution in [3.63, 3.8) is 0 Å². The topological polar surface area (TPSA) is 82.2 Å². The molecular weight excluding hydrogens is 396 g/mol. The van der Waals surface area contributed by atoms with Crippen molar-refractivity contribution in [2.24, 2.45) is 0 Å². The number of aryl methyl sites for hydroxylation is 1. The molecule has 0 spiro atoms. The number of morpholine rings is 1. The minimum atomic E-state index is -0.717. The molecule has 4 rings (SSSR count). The van der Waals surface area contributed by atoms with Crippen molar-refractivity contribution >= 4 is 28.5 Å². The smallest absolute Gasteiger partial charge is 0.339 e. The van der Waals surface area contributed by atoms with Gasteiger partial charge in [0, 0.05) is 17.0 Å². The maximum atomic E-state index is 12.4. The molecule has 2 aromatic rings. The zero-order chi connectivity index (χ0) is 20.4. The predicted molar refractivity (Wildman–Crippen MR) is 109 cm³/mol. The van der Waals surface area contributed by atoms with Gasteiger partial charge in [0.15, 0.2) is 6.10 Å². The molecule has 1 aromatic heterocycles. The Morgan fingerprint density at radius 3 is 2.83 bits per heavy atom. The molecule has 0 radical (unpaired) electrons. The Morgan fingerprint density at radius 1 is 1.28 bits per heavy atom. The highest BCUT2D eigenvalue weighted by atomic mass is 35.5. The predicted octanol–water partition coefficient (Wildman–Crippen LogP) is 0.734. The monoisotopic (exact) mass is 421 g/mol. The van der Waals surface area contributed by atoms with Gasteiger partial charge in [-0.2, -0.15) is 0 Å². The van der Waals surface area contributed by atoms with E-state index < -0.39 is 6.10 Å². The summed E-state index contributed by atoms with van der Waals surface area (Å²) >= 11 is 6.41. The molecule has 0 bridgehead atoms. The molecule has 1 aromatic carbocycles. The number of fused-ring (bicyclic) bond motifs is 3. The average molecular weight is 422 g/mol. The van der Waals surface area contributed by atoms with Gasteiger partial charge in [0.05, 0.1) is 31.3 Å². The first-order valence-electron chi connectivity index (χ1n) is 10.2. The number of benzene rings is 1. The highest BCUT2D eigenvalue weighted by Gasteiger charge is 2.22. The Hall–Kier alpha value is -2.09. The zero-order valence-electron chi connectivity index (χ0n) is 16.5. The maximum Gasteiger partial charge on any atom is 0.339 e. The average Bonchev–Trinajstić information content (AvgIpc) is 3.21. The first-order chi connectivity index (χ1) is 14.0. The Labute approximate surface area is 173 Å². The molecule has 0 unspecified atom stereocenters. The summed E-state index contributed by atoms with van der Waals surface area (Å²) in [4.78, 5) is 26.0. The van der Waals surface area contributed by atoms with Crippen LogP contribution in [-0.2, 0) is 22.4 Å². The van der Waals surface area contributed by atoms with Crippen molar-refractivity contribution in [3.8, 4) is 5.75 Å². The van der Waals surface area contributed by atoms with Crippen LogP contribution >= 0.6 is 11.6 Å². The molecule has 0 saturated carbocycles. The van der Waals surface area contributed by atoms with Crippen molar-refractivity contribution in [2.75, 3.05) is 39.4 Å². The van der Waals surface area contributed by atoms with Gasteiger partial charge < -0.3 is 24.1 Å². The van der Waals surface area contributed by atoms with Crippen molar-refractivity contribution < 1.29 is 23.6 Å². The minimum absolute atomic E-state index is 0.204. The second kappa shape index (κ2) is 8.73. The number of carbonyl (C=O) groups excluding carboxylic acids is 1. The molecule has 1 saturated heterocycles. The highest BCUT2D eigenvalue weighted by Crippen LogP contribution is 2.35. The summed E-state index contributed by atoms with van der Waals surface area (Å²) in [5, 5.41) is 4.16. The Balaban J connectivity index is 1.41. The van der Waals surface area contributed by atoms with Gasteiger partial charge >= 0.3 is 5.63 Å². The fourth-order valence-electron chi connectivity index (χ4n) is 4.03. The van der Waals surface area contributed by atoms with Crippen molar-refractivity contribution in [2.45, 2.75) is 32.3 Å². The second-order valence-electron chi connectivity index (χ2n) is 7.64. The van der Waals surface area contributed by atoms with Gasteiger partial charge in [-0.25, -0.2) is 4.79 Å². The molecule has 1 atom stereocenters. The number of nitrogens with one attached hydrogen (secondary N) is 2. The van der Waals surface area contributed by atoms with Gasteiger partial charge in [-0.3, -0.25) is 4.79 Å². The number of quaternary nitrogens is 1. The summed E-state index contributed by atoms with van der Waals surface area (Å²) in [5.41, 5.74) is 1.91. The number of halogens is 1. The van der Waals surface area contributed by atoms with E-state index in [0.29, 0.717) is 22.9 Å². The van der Waals surface area contributed by atoms with Crippen LogP contribution in [0.3, 0.4) is 0 Å². The number of amides is 1. The van der Waals surface area contributed by atoms with Crippen LogP contribution in [0.4, 0.5) is 0 Å². The largest absolute Gasteiger partial charge is 0.479 e. The number of hydrogen-bond donors (Lipinski definition) is 2. The second-order valence-corrected chi connectivity index (χ2v) is 8.05. The summed E-state index contributed by atoms with van der Waals surface area (Å²) < 4.78 is 16.6. The number of rotatable bonds is 6. The van der Waals surface area contributed by atoms with Crippen molar-refractivity contribution in [1.82, 2.24) is 5.32 Å². The Bertz CT molecular complexity index is 968. The van der Waals surface area contributed by atoms with Gasteiger partial charge in [0.1, 0.15) is 24.4 Å². The number of carbonyl (C=O) groups is 1. The van der Waals surface area contributed by atoms with E-state index in [0.717, 1.165) is 68.6 Å². The van der Waals surface area contributed by atoms with Gasteiger partial charge in [-0.15, -0.1) is 0 Å². The molecule has 1 aliphatic carbocycles. The Morgan fingerprint density at radius 2 is 2.03 bits per heavy atom. The quantitative estimate of drug-likeness (QED) is 0.672. The molecule has 7 nitrogen and oxygen atoms in total. The highest BCUT2D eigenvalue weighted by molar-refractivity contribution is 6.32. The third kappa shape index (κ3) is 4.42. The van der Waals surface area contributed by atoms with E-state index in [1.165, 1.54) is 4.90 Å². The van der Waals surface area contributed by atoms with Gasteiger partial charge in [-0.1, -0.05) is 11.6 Å². The van der Waals surface area contributed by atoms with Crippen molar-refractivity contribution in [3.05, 3.63) is 38.7 Å². The van der Waals surface area contributed by atoms with Gasteiger partial charge in [-0.05, 0) is 37.8 Å². The molecule has 2 N–H and O–H groups in total. The lowest BCUT2D eigenvalue weighted by atomic mass is 10.1. The van der Waals surface area contributed by atoms with Crippen LogP contribution in [0, 0.1) is 0 Å². The number of hydrogen-bond acceptors (Lipinski definition) is 5. The van der Waals surface area contributed by atoms with E-state index in [4.69, 9.17) is 25.5 Å². The normalized spacial score (nSPS) is 17.9. The lowest BCUT2D eigenvalue weighted by molar-refractivity contribution is -0.906. The molecule has 1 aliphatic heterocycles. The van der Waals surface area contributed by atoms with Crippen LogP contribution in [-0.4, -0.2) is 51.4 Å². The maximum absolute atomic E-state index is 12.4.